The van der Waals surface area contributed by atoms with Gasteiger partial charge in [-0.1, -0.05) is 23.7 Å². The van der Waals surface area contributed by atoms with E-state index in [1.165, 1.54) is 0 Å². The third-order valence-corrected chi connectivity index (χ3v) is 2.96. The van der Waals surface area contributed by atoms with Crippen LogP contribution < -0.4 is 15.4 Å². The van der Waals surface area contributed by atoms with E-state index in [1.54, 1.807) is 18.5 Å². The third kappa shape index (κ3) is 4.68. The molecule has 2 aromatic rings. The van der Waals surface area contributed by atoms with E-state index < -0.39 is 0 Å². The summed E-state index contributed by atoms with van der Waals surface area (Å²) in [5.74, 6) is 0.669. The number of halogens is 1. The Morgan fingerprint density at radius 1 is 1.25 bits per heavy atom. The number of thiocarbonyl (C=S) groups is 1. The molecule has 6 heteroatoms. The van der Waals surface area contributed by atoms with Gasteiger partial charge >= 0.3 is 0 Å². The lowest BCUT2D eigenvalue weighted by molar-refractivity contribution is 0.323. The minimum Gasteiger partial charge on any atom is -0.490 e. The molecule has 2 N–H and O–H groups in total. The summed E-state index contributed by atoms with van der Waals surface area (Å²) in [5, 5.41) is 7.20. The van der Waals surface area contributed by atoms with E-state index in [9.17, 15) is 0 Å². The summed E-state index contributed by atoms with van der Waals surface area (Å²) >= 11 is 11.1. The van der Waals surface area contributed by atoms with Crippen molar-refractivity contribution in [2.75, 3.05) is 18.5 Å². The number of nitrogens with zero attached hydrogens (tertiary/aromatic N) is 1. The van der Waals surface area contributed by atoms with Crippen LogP contribution in [0, 0.1) is 0 Å². The number of ether oxygens (including phenoxy) is 1. The average molecular weight is 308 g/mol. The van der Waals surface area contributed by atoms with Crippen molar-refractivity contribution in [3.63, 3.8) is 0 Å². The molecule has 1 heterocycles. The fourth-order valence-electron chi connectivity index (χ4n) is 1.50. The Labute approximate surface area is 128 Å². The second kappa shape index (κ2) is 7.67. The van der Waals surface area contributed by atoms with Crippen LogP contribution in [0.3, 0.4) is 0 Å². The lowest BCUT2D eigenvalue weighted by Crippen LogP contribution is -2.31. The Morgan fingerprint density at radius 3 is 2.85 bits per heavy atom. The molecule has 0 atom stereocenters. The van der Waals surface area contributed by atoms with Crippen LogP contribution in [-0.4, -0.2) is 23.2 Å². The van der Waals surface area contributed by atoms with Crippen molar-refractivity contribution in [3.05, 3.63) is 53.8 Å². The summed E-state index contributed by atoms with van der Waals surface area (Å²) in [6.07, 6.45) is 3.41. The van der Waals surface area contributed by atoms with Gasteiger partial charge in [-0.2, -0.15) is 0 Å². The van der Waals surface area contributed by atoms with Crippen molar-refractivity contribution < 1.29 is 4.74 Å². The van der Waals surface area contributed by atoms with Crippen molar-refractivity contribution in [2.45, 2.75) is 0 Å². The Bertz CT molecular complexity index is 565. The monoisotopic (exact) mass is 307 g/mol. The van der Waals surface area contributed by atoms with Gasteiger partial charge in [-0.25, -0.2) is 0 Å². The largest absolute Gasteiger partial charge is 0.490 e. The predicted molar refractivity (Wildman–Crippen MR) is 85.4 cm³/mol. The maximum Gasteiger partial charge on any atom is 0.170 e. The number of para-hydroxylation sites is 1. The number of pyridine rings is 1. The molecule has 4 nitrogen and oxygen atoms in total. The van der Waals surface area contributed by atoms with E-state index in [-0.39, 0.29) is 0 Å². The topological polar surface area (TPSA) is 46.2 Å². The fraction of sp³-hybridized carbons (Fsp3) is 0.143. The molecule has 0 radical (unpaired) electrons. The summed E-state index contributed by atoms with van der Waals surface area (Å²) in [4.78, 5) is 3.99. The normalized spacial score (nSPS) is 9.85. The van der Waals surface area contributed by atoms with Crippen molar-refractivity contribution in [1.82, 2.24) is 10.3 Å². The standard InChI is InChI=1S/C14H14ClN3OS/c15-12-5-1-2-6-13(12)19-9-8-17-14(20)18-11-4-3-7-16-10-11/h1-7,10H,8-9H2,(H2,17,18,20). The van der Waals surface area contributed by atoms with Gasteiger partial charge in [0.1, 0.15) is 12.4 Å². The van der Waals surface area contributed by atoms with Gasteiger partial charge in [0.15, 0.2) is 5.11 Å². The molecule has 0 saturated heterocycles. The average Bonchev–Trinajstić information content (AvgIpc) is 2.46. The van der Waals surface area contributed by atoms with Crippen LogP contribution in [0.1, 0.15) is 0 Å². The second-order valence-electron chi connectivity index (χ2n) is 3.90. The zero-order chi connectivity index (χ0) is 14.2. The highest BCUT2D eigenvalue weighted by atomic mass is 35.5. The predicted octanol–water partition coefficient (Wildman–Crippen LogP) is 3.10. The molecule has 1 aromatic heterocycles. The van der Waals surface area contributed by atoms with Gasteiger partial charge < -0.3 is 15.4 Å². The first-order chi connectivity index (χ1) is 9.75. The van der Waals surface area contributed by atoms with Crippen molar-refractivity contribution in [3.8, 4) is 5.75 Å². The highest BCUT2D eigenvalue weighted by Gasteiger charge is 2.00. The van der Waals surface area contributed by atoms with Crippen molar-refractivity contribution >= 4 is 34.6 Å². The number of hydrogen-bond acceptors (Lipinski definition) is 3. The first kappa shape index (κ1) is 14.6. The minimum absolute atomic E-state index is 0.471. The molecular weight excluding hydrogens is 294 g/mol. The Hall–Kier alpha value is -1.85. The SMILES string of the molecule is S=C(NCCOc1ccccc1Cl)Nc1cccnc1. The van der Waals surface area contributed by atoms with E-state index in [1.807, 2.05) is 30.3 Å². The van der Waals surface area contributed by atoms with Crippen molar-refractivity contribution in [1.29, 1.82) is 0 Å². The fourth-order valence-corrected chi connectivity index (χ4v) is 1.91. The van der Waals surface area contributed by atoms with Crippen LogP contribution in [-0.2, 0) is 0 Å². The number of anilines is 1. The summed E-state index contributed by atoms with van der Waals surface area (Å²) in [5.41, 5.74) is 0.844. The molecule has 104 valence electrons. The van der Waals surface area contributed by atoms with Crippen LogP contribution in [0.25, 0.3) is 0 Å². The van der Waals surface area contributed by atoms with Crippen LogP contribution in [0.15, 0.2) is 48.8 Å². The first-order valence-electron chi connectivity index (χ1n) is 6.08. The van der Waals surface area contributed by atoms with Crippen LogP contribution in [0.4, 0.5) is 5.69 Å². The maximum absolute atomic E-state index is 5.98. The third-order valence-electron chi connectivity index (χ3n) is 2.40. The van der Waals surface area contributed by atoms with Gasteiger partial charge in [0.05, 0.1) is 23.5 Å². The molecule has 0 aliphatic heterocycles. The van der Waals surface area contributed by atoms with E-state index >= 15 is 0 Å². The van der Waals surface area contributed by atoms with Crippen LogP contribution >= 0.6 is 23.8 Å². The molecular formula is C14H14ClN3OS. The van der Waals surface area contributed by atoms with E-state index in [4.69, 9.17) is 28.6 Å². The molecule has 0 amide bonds. The minimum atomic E-state index is 0.471. The second-order valence-corrected chi connectivity index (χ2v) is 4.72. The number of benzene rings is 1. The molecule has 2 rings (SSSR count). The smallest absolute Gasteiger partial charge is 0.170 e. The Balaban J connectivity index is 1.69. The highest BCUT2D eigenvalue weighted by molar-refractivity contribution is 7.80. The van der Waals surface area contributed by atoms with Crippen LogP contribution in [0.5, 0.6) is 5.75 Å². The van der Waals surface area contributed by atoms with E-state index in [0.717, 1.165) is 5.69 Å². The number of aromatic nitrogens is 1. The van der Waals surface area contributed by atoms with Crippen molar-refractivity contribution in [2.24, 2.45) is 0 Å². The van der Waals surface area contributed by atoms with Gasteiger partial charge in [0, 0.05) is 6.20 Å². The van der Waals surface area contributed by atoms with Gasteiger partial charge in [0.2, 0.25) is 0 Å². The summed E-state index contributed by atoms with van der Waals surface area (Å²) in [6.45, 7) is 1.05. The molecule has 0 aliphatic carbocycles. The Morgan fingerprint density at radius 2 is 2.10 bits per heavy atom. The molecule has 1 aromatic carbocycles. The first-order valence-corrected chi connectivity index (χ1v) is 6.86. The molecule has 0 unspecified atom stereocenters. The molecule has 0 fully saturated rings. The van der Waals surface area contributed by atoms with Gasteiger partial charge in [-0.15, -0.1) is 0 Å². The maximum atomic E-state index is 5.98. The van der Waals surface area contributed by atoms with Gasteiger partial charge in [-0.3, -0.25) is 4.98 Å². The summed E-state index contributed by atoms with van der Waals surface area (Å²) < 4.78 is 5.54. The number of hydrogen-bond donors (Lipinski definition) is 2. The lowest BCUT2D eigenvalue weighted by Gasteiger charge is -2.11. The van der Waals surface area contributed by atoms with E-state index in [0.29, 0.717) is 29.0 Å². The number of nitrogens with one attached hydrogen (secondary N) is 2. The van der Waals surface area contributed by atoms with E-state index in [2.05, 4.69) is 15.6 Å². The number of rotatable bonds is 5. The highest BCUT2D eigenvalue weighted by Crippen LogP contribution is 2.22. The molecule has 0 bridgehead atoms. The lowest BCUT2D eigenvalue weighted by atomic mass is 10.3. The zero-order valence-corrected chi connectivity index (χ0v) is 12.2. The molecule has 0 aliphatic rings. The molecule has 0 saturated carbocycles. The summed E-state index contributed by atoms with van der Waals surface area (Å²) in [6, 6.07) is 11.1. The summed E-state index contributed by atoms with van der Waals surface area (Å²) in [7, 11) is 0. The van der Waals surface area contributed by atoms with Gasteiger partial charge in [-0.05, 0) is 36.5 Å². The van der Waals surface area contributed by atoms with Crippen LogP contribution in [0.2, 0.25) is 5.02 Å². The molecule has 0 spiro atoms. The molecule has 20 heavy (non-hydrogen) atoms. The Kier molecular flexibility index (Phi) is 5.58. The van der Waals surface area contributed by atoms with Gasteiger partial charge in [0.25, 0.3) is 0 Å². The zero-order valence-electron chi connectivity index (χ0n) is 10.7. The quantitative estimate of drug-likeness (QED) is 0.656.